The van der Waals surface area contributed by atoms with Gasteiger partial charge in [-0.15, -0.1) is 0 Å². The number of nitrogens with one attached hydrogen (secondary N) is 2. The first kappa shape index (κ1) is 25.8. The maximum atomic E-state index is 12.2. The molecule has 1 heterocycles. The molecule has 0 spiro atoms. The number of hydrogen-bond donors (Lipinski definition) is 7. The Labute approximate surface area is 197 Å². The van der Waals surface area contributed by atoms with Gasteiger partial charge in [-0.3, -0.25) is 24.9 Å². The number of guanidine groups is 2. The molecule has 0 radical (unpaired) electrons. The second-order valence-electron chi connectivity index (χ2n) is 7.37. The van der Waals surface area contributed by atoms with Crippen molar-refractivity contribution < 1.29 is 9.59 Å². The van der Waals surface area contributed by atoms with Crippen LogP contribution in [0.25, 0.3) is 0 Å². The number of hydrogen-bond acceptors (Lipinski definition) is 8. The zero-order valence-corrected chi connectivity index (χ0v) is 19.0. The van der Waals surface area contributed by atoms with Crippen molar-refractivity contribution in [1.82, 2.24) is 20.6 Å². The molecular weight excluding hydrogens is 438 g/mol. The van der Waals surface area contributed by atoms with Gasteiger partial charge in [0.1, 0.15) is 5.82 Å². The van der Waals surface area contributed by atoms with Gasteiger partial charge in [-0.05, 0) is 43.9 Å². The van der Waals surface area contributed by atoms with Gasteiger partial charge in [-0.2, -0.15) is 0 Å². The number of nitrogens with zero attached hydrogens (tertiary/aromatic N) is 4. The first-order chi connectivity index (χ1) is 16.2. The van der Waals surface area contributed by atoms with Crippen molar-refractivity contribution in [2.45, 2.75) is 26.2 Å². The third-order valence-corrected chi connectivity index (χ3v) is 4.65. The smallest absolute Gasteiger partial charge is 0.280 e. The first-order valence-electron chi connectivity index (χ1n) is 10.6. The molecule has 0 saturated carbocycles. The average Bonchev–Trinajstić information content (AvgIpc) is 2.79. The van der Waals surface area contributed by atoms with Gasteiger partial charge in [-0.25, -0.2) is 9.97 Å². The summed E-state index contributed by atoms with van der Waals surface area (Å²) >= 11 is 0. The monoisotopic (exact) mass is 469 g/mol. The number of rotatable bonds is 10. The number of nitrogens with two attached hydrogens (primary N) is 5. The summed E-state index contributed by atoms with van der Waals surface area (Å²) in [5.41, 5.74) is 29.5. The molecule has 34 heavy (non-hydrogen) atoms. The van der Waals surface area contributed by atoms with Gasteiger partial charge in [-0.1, -0.05) is 12.1 Å². The topological polar surface area (TPSA) is 239 Å². The van der Waals surface area contributed by atoms with Gasteiger partial charge < -0.3 is 34.0 Å². The summed E-state index contributed by atoms with van der Waals surface area (Å²) in [6, 6.07) is 7.35. The van der Waals surface area contributed by atoms with Crippen molar-refractivity contribution in [3.05, 3.63) is 46.8 Å². The Morgan fingerprint density at radius 1 is 0.912 bits per heavy atom. The van der Waals surface area contributed by atoms with Crippen LogP contribution in [-0.2, 0) is 6.42 Å². The van der Waals surface area contributed by atoms with Crippen LogP contribution in [0.5, 0.6) is 0 Å². The molecule has 1 aromatic heterocycles. The summed E-state index contributed by atoms with van der Waals surface area (Å²) in [7, 11) is 0. The molecule has 1 aromatic carbocycles. The zero-order valence-electron chi connectivity index (χ0n) is 19.0. The number of unbranched alkanes of at least 4 members (excludes halogenated alkanes) is 1. The number of anilines is 2. The summed E-state index contributed by atoms with van der Waals surface area (Å²) in [5.74, 6) is -0.752. The van der Waals surface area contributed by atoms with E-state index in [4.69, 9.17) is 28.7 Å². The van der Waals surface area contributed by atoms with Crippen LogP contribution < -0.4 is 39.3 Å². The molecule has 13 nitrogen and oxygen atoms in total. The molecule has 0 aliphatic rings. The number of nitrogen functional groups attached to an aromatic ring is 2. The molecular formula is C21H31N11O2. The number of aromatic nitrogens is 2. The van der Waals surface area contributed by atoms with E-state index in [2.05, 4.69) is 30.6 Å². The minimum atomic E-state index is -0.602. The fourth-order valence-corrected chi connectivity index (χ4v) is 2.85. The van der Waals surface area contributed by atoms with Gasteiger partial charge >= 0.3 is 0 Å². The SMILES string of the molecule is Cc1nc(C(=O)NC(N)=NCCCCc2ccc(C(=O)NCCN=C(N)N)cc2)c(N)nc1N. The normalized spacial score (nSPS) is 11.0. The van der Waals surface area contributed by atoms with Crippen LogP contribution in [-0.4, -0.2) is 53.3 Å². The van der Waals surface area contributed by atoms with Crippen LogP contribution in [0.2, 0.25) is 0 Å². The molecule has 0 bridgehead atoms. The van der Waals surface area contributed by atoms with E-state index in [1.54, 1.807) is 19.1 Å². The highest BCUT2D eigenvalue weighted by Gasteiger charge is 2.15. The molecule has 2 amide bonds. The lowest BCUT2D eigenvalue weighted by molar-refractivity contribution is 0.0951. The van der Waals surface area contributed by atoms with Crippen LogP contribution in [0.4, 0.5) is 11.6 Å². The fraction of sp³-hybridized carbons (Fsp3) is 0.333. The van der Waals surface area contributed by atoms with Gasteiger partial charge in [0.05, 0.1) is 12.2 Å². The molecule has 12 N–H and O–H groups in total. The Balaban J connectivity index is 1.72. The lowest BCUT2D eigenvalue weighted by Crippen LogP contribution is -2.38. The van der Waals surface area contributed by atoms with E-state index in [0.717, 1.165) is 24.8 Å². The van der Waals surface area contributed by atoms with E-state index in [-0.39, 0.29) is 35.2 Å². The van der Waals surface area contributed by atoms with E-state index in [0.29, 0.717) is 30.9 Å². The molecule has 0 saturated heterocycles. The third-order valence-electron chi connectivity index (χ3n) is 4.65. The molecule has 0 aliphatic carbocycles. The van der Waals surface area contributed by atoms with E-state index >= 15 is 0 Å². The minimum Gasteiger partial charge on any atom is -0.382 e. The number of carbonyl (C=O) groups excluding carboxylic acids is 2. The summed E-state index contributed by atoms with van der Waals surface area (Å²) in [4.78, 5) is 40.2. The number of amides is 2. The van der Waals surface area contributed by atoms with Crippen LogP contribution in [0.15, 0.2) is 34.3 Å². The highest BCUT2D eigenvalue weighted by atomic mass is 16.2. The molecule has 0 unspecified atom stereocenters. The highest BCUT2D eigenvalue weighted by molar-refractivity contribution is 6.06. The average molecular weight is 470 g/mol. The largest absolute Gasteiger partial charge is 0.382 e. The van der Waals surface area contributed by atoms with Gasteiger partial charge in [0.25, 0.3) is 11.8 Å². The van der Waals surface area contributed by atoms with Crippen LogP contribution in [0.1, 0.15) is 44.9 Å². The Hall–Kier alpha value is -4.42. The lowest BCUT2D eigenvalue weighted by atomic mass is 10.1. The molecule has 0 atom stereocenters. The lowest BCUT2D eigenvalue weighted by Gasteiger charge is -2.08. The number of benzene rings is 1. The first-order valence-corrected chi connectivity index (χ1v) is 10.6. The van der Waals surface area contributed by atoms with Gasteiger partial charge in [0.2, 0.25) is 0 Å². The maximum Gasteiger partial charge on any atom is 0.280 e. The van der Waals surface area contributed by atoms with Crippen LogP contribution in [0, 0.1) is 6.92 Å². The Morgan fingerprint density at radius 2 is 1.62 bits per heavy atom. The summed E-state index contributed by atoms with van der Waals surface area (Å²) in [6.07, 6.45) is 2.42. The molecule has 182 valence electrons. The molecule has 13 heteroatoms. The van der Waals surface area contributed by atoms with Crippen LogP contribution >= 0.6 is 0 Å². The van der Waals surface area contributed by atoms with Gasteiger partial charge in [0, 0.05) is 18.7 Å². The molecule has 0 fully saturated rings. The molecule has 2 rings (SSSR count). The van der Waals surface area contributed by atoms with Crippen molar-refractivity contribution in [1.29, 1.82) is 0 Å². The van der Waals surface area contributed by atoms with Crippen LogP contribution in [0.3, 0.4) is 0 Å². The predicted molar refractivity (Wildman–Crippen MR) is 132 cm³/mol. The standard InChI is InChI=1S/C21H31N11O2/c1-12-16(22)31-17(23)15(30-12)19(34)32-21(26)29-9-3-2-4-13-5-7-14(8-6-13)18(33)27-10-11-28-20(24)25/h5-8H,2-4,9-11H2,1H3,(H,27,33)(H4,22,23,31)(H4,24,25,28)(H3,26,29,32,34). The zero-order chi connectivity index (χ0) is 25.1. The number of aliphatic imine (C=N–C) groups is 2. The fourth-order valence-electron chi connectivity index (χ4n) is 2.85. The second-order valence-corrected chi connectivity index (χ2v) is 7.37. The van der Waals surface area contributed by atoms with Crippen molar-refractivity contribution >= 4 is 35.4 Å². The second kappa shape index (κ2) is 12.6. The third kappa shape index (κ3) is 8.26. The van der Waals surface area contributed by atoms with Crippen molar-refractivity contribution in [3.63, 3.8) is 0 Å². The Morgan fingerprint density at radius 3 is 2.29 bits per heavy atom. The predicted octanol–water partition coefficient (Wildman–Crippen LogP) is -0.980. The number of aryl methyl sites for hydroxylation is 2. The Bertz CT molecular complexity index is 1060. The summed E-state index contributed by atoms with van der Waals surface area (Å²) < 4.78 is 0. The van der Waals surface area contributed by atoms with Gasteiger partial charge in [0.15, 0.2) is 23.4 Å². The van der Waals surface area contributed by atoms with Crippen molar-refractivity contribution in [2.75, 3.05) is 31.1 Å². The molecule has 0 aliphatic heterocycles. The van der Waals surface area contributed by atoms with E-state index < -0.39 is 5.91 Å². The van der Waals surface area contributed by atoms with E-state index in [9.17, 15) is 9.59 Å². The summed E-state index contributed by atoms with van der Waals surface area (Å²) in [6.45, 7) is 2.73. The summed E-state index contributed by atoms with van der Waals surface area (Å²) in [5, 5.41) is 5.18. The van der Waals surface area contributed by atoms with Crippen molar-refractivity contribution in [3.8, 4) is 0 Å². The van der Waals surface area contributed by atoms with E-state index in [1.807, 2.05) is 12.1 Å². The maximum absolute atomic E-state index is 12.2. The highest BCUT2D eigenvalue weighted by Crippen LogP contribution is 2.11. The minimum absolute atomic E-state index is 0.00926. The quantitative estimate of drug-likeness (QED) is 0.128. The molecule has 2 aromatic rings. The Kier molecular flexibility index (Phi) is 9.56. The number of carbonyl (C=O) groups is 2. The van der Waals surface area contributed by atoms with Crippen molar-refractivity contribution in [2.24, 2.45) is 27.2 Å². The van der Waals surface area contributed by atoms with E-state index in [1.165, 1.54) is 0 Å².